The molecule has 1 aliphatic rings. The maximum absolute atomic E-state index is 5.27. The summed E-state index contributed by atoms with van der Waals surface area (Å²) >= 11 is 0. The van der Waals surface area contributed by atoms with Gasteiger partial charge in [-0.2, -0.15) is 5.10 Å². The second-order valence-electron chi connectivity index (χ2n) is 5.93. The molecule has 0 amide bonds. The third-order valence-electron chi connectivity index (χ3n) is 4.03. The third-order valence-corrected chi connectivity index (χ3v) is 4.03. The molecule has 5 nitrogen and oxygen atoms in total. The van der Waals surface area contributed by atoms with Crippen LogP contribution in [0.4, 0.5) is 5.69 Å². The molecule has 1 aromatic heterocycles. The summed E-state index contributed by atoms with van der Waals surface area (Å²) < 4.78 is 5.27. The Bertz CT molecular complexity index is 672. The first kappa shape index (κ1) is 15.5. The fourth-order valence-electron chi connectivity index (χ4n) is 2.54. The van der Waals surface area contributed by atoms with E-state index in [1.54, 1.807) is 6.20 Å². The zero-order valence-corrected chi connectivity index (χ0v) is 13.6. The van der Waals surface area contributed by atoms with Crippen molar-refractivity contribution in [1.29, 1.82) is 0 Å². The lowest BCUT2D eigenvalue weighted by atomic mass is 10.1. The van der Waals surface area contributed by atoms with Crippen LogP contribution in [-0.4, -0.2) is 35.2 Å². The van der Waals surface area contributed by atoms with E-state index in [-0.39, 0.29) is 0 Å². The minimum Gasteiger partial charge on any atom is -0.444 e. The number of benzene rings is 1. The van der Waals surface area contributed by atoms with Crippen LogP contribution in [0.1, 0.15) is 20.3 Å². The van der Waals surface area contributed by atoms with E-state index in [4.69, 9.17) is 4.42 Å². The first-order chi connectivity index (χ1) is 11.2. The summed E-state index contributed by atoms with van der Waals surface area (Å²) in [4.78, 5) is 6.37. The maximum Gasteiger partial charge on any atom is 0.181 e. The lowest BCUT2D eigenvalue weighted by molar-refractivity contribution is 0.241. The Morgan fingerprint density at radius 2 is 2.13 bits per heavy atom. The summed E-state index contributed by atoms with van der Waals surface area (Å²) in [5.41, 5.74) is 6.30. The molecule has 0 radical (unpaired) electrons. The number of nitrogens with zero attached hydrogens (tertiary/aromatic N) is 3. The predicted octanol–water partition coefficient (Wildman–Crippen LogP) is 3.78. The van der Waals surface area contributed by atoms with Gasteiger partial charge in [0.1, 0.15) is 0 Å². The topological polar surface area (TPSA) is 53.7 Å². The standard InChI is InChI=1S/C18H22N4O/c1-14(2)22-9-7-15(8-10-22)11-20-21-17-5-3-16(4-6-17)18-12-19-13-23-18/h3-7,11-14,21H,8-10H2,1-2H3/b20-11+. The number of hydrogen-bond donors (Lipinski definition) is 1. The van der Waals surface area contributed by atoms with Gasteiger partial charge in [-0.15, -0.1) is 0 Å². The van der Waals surface area contributed by atoms with E-state index in [0.717, 1.165) is 36.5 Å². The number of aromatic nitrogens is 1. The molecule has 0 bridgehead atoms. The van der Waals surface area contributed by atoms with Gasteiger partial charge >= 0.3 is 0 Å². The Morgan fingerprint density at radius 1 is 1.30 bits per heavy atom. The SMILES string of the molecule is CC(C)N1CC=C(/C=N/Nc2ccc(-c3cnco3)cc2)CC1. The molecular formula is C18H22N4O. The second-order valence-corrected chi connectivity index (χ2v) is 5.93. The second kappa shape index (κ2) is 7.24. The molecule has 1 N–H and O–H groups in total. The van der Waals surface area contributed by atoms with Crippen LogP contribution >= 0.6 is 0 Å². The number of nitrogens with one attached hydrogen (secondary N) is 1. The Labute approximate surface area is 136 Å². The Morgan fingerprint density at radius 3 is 2.74 bits per heavy atom. The molecule has 2 heterocycles. The van der Waals surface area contributed by atoms with Crippen molar-refractivity contribution in [3.63, 3.8) is 0 Å². The molecule has 0 unspecified atom stereocenters. The molecule has 3 rings (SSSR count). The normalized spacial score (nSPS) is 16.0. The Hall–Kier alpha value is -2.40. The zero-order valence-electron chi connectivity index (χ0n) is 13.6. The number of hydrazone groups is 1. The van der Waals surface area contributed by atoms with Gasteiger partial charge in [-0.25, -0.2) is 4.98 Å². The van der Waals surface area contributed by atoms with Gasteiger partial charge in [0, 0.05) is 24.7 Å². The molecule has 120 valence electrons. The van der Waals surface area contributed by atoms with E-state index in [9.17, 15) is 0 Å². The molecule has 0 spiro atoms. The first-order valence-corrected chi connectivity index (χ1v) is 7.93. The van der Waals surface area contributed by atoms with Crippen molar-refractivity contribution < 1.29 is 4.42 Å². The van der Waals surface area contributed by atoms with Gasteiger partial charge in [-0.05, 0) is 50.1 Å². The lowest BCUT2D eigenvalue weighted by Crippen LogP contribution is -2.34. The van der Waals surface area contributed by atoms with Crippen LogP contribution in [-0.2, 0) is 0 Å². The molecular weight excluding hydrogens is 288 g/mol. The minimum atomic E-state index is 0.603. The Balaban J connectivity index is 1.54. The zero-order chi connectivity index (χ0) is 16.1. The summed E-state index contributed by atoms with van der Waals surface area (Å²) in [5.74, 6) is 0.766. The quantitative estimate of drug-likeness (QED) is 0.674. The van der Waals surface area contributed by atoms with E-state index >= 15 is 0 Å². The van der Waals surface area contributed by atoms with Crippen molar-refractivity contribution in [2.45, 2.75) is 26.3 Å². The van der Waals surface area contributed by atoms with Gasteiger partial charge < -0.3 is 4.42 Å². The van der Waals surface area contributed by atoms with Crippen molar-refractivity contribution in [1.82, 2.24) is 9.88 Å². The van der Waals surface area contributed by atoms with E-state index < -0.39 is 0 Å². The molecule has 1 aromatic carbocycles. The van der Waals surface area contributed by atoms with E-state index in [1.807, 2.05) is 30.5 Å². The average Bonchev–Trinajstić information content (AvgIpc) is 3.10. The van der Waals surface area contributed by atoms with Gasteiger partial charge in [0.15, 0.2) is 12.2 Å². The largest absolute Gasteiger partial charge is 0.444 e. The molecule has 2 aromatic rings. The van der Waals surface area contributed by atoms with E-state index in [1.165, 1.54) is 12.0 Å². The number of oxazole rings is 1. The highest BCUT2D eigenvalue weighted by Crippen LogP contribution is 2.20. The third kappa shape index (κ3) is 4.07. The molecule has 0 aliphatic carbocycles. The summed E-state index contributed by atoms with van der Waals surface area (Å²) in [5, 5.41) is 4.33. The van der Waals surface area contributed by atoms with Crippen LogP contribution in [0.25, 0.3) is 11.3 Å². The number of anilines is 1. The van der Waals surface area contributed by atoms with Crippen LogP contribution in [0.15, 0.2) is 58.0 Å². The molecule has 0 saturated carbocycles. The van der Waals surface area contributed by atoms with Crippen LogP contribution in [0.2, 0.25) is 0 Å². The molecule has 0 fully saturated rings. The number of rotatable bonds is 5. The van der Waals surface area contributed by atoms with Crippen molar-refractivity contribution in [3.05, 3.63) is 48.5 Å². The van der Waals surface area contributed by atoms with Crippen molar-refractivity contribution in [3.8, 4) is 11.3 Å². The van der Waals surface area contributed by atoms with E-state index in [0.29, 0.717) is 6.04 Å². The van der Waals surface area contributed by atoms with Gasteiger partial charge in [0.25, 0.3) is 0 Å². The molecule has 0 atom stereocenters. The monoisotopic (exact) mass is 310 g/mol. The fraction of sp³-hybridized carbons (Fsp3) is 0.333. The van der Waals surface area contributed by atoms with Crippen LogP contribution in [0, 0.1) is 0 Å². The van der Waals surface area contributed by atoms with Crippen molar-refractivity contribution >= 4 is 11.9 Å². The average molecular weight is 310 g/mol. The van der Waals surface area contributed by atoms with Gasteiger partial charge in [-0.1, -0.05) is 6.08 Å². The van der Waals surface area contributed by atoms with Gasteiger partial charge in [0.2, 0.25) is 0 Å². The predicted molar refractivity (Wildman–Crippen MR) is 93.5 cm³/mol. The summed E-state index contributed by atoms with van der Waals surface area (Å²) in [7, 11) is 0. The smallest absolute Gasteiger partial charge is 0.181 e. The summed E-state index contributed by atoms with van der Waals surface area (Å²) in [6, 6.07) is 8.53. The van der Waals surface area contributed by atoms with E-state index in [2.05, 4.69) is 40.3 Å². The highest BCUT2D eigenvalue weighted by Gasteiger charge is 2.12. The van der Waals surface area contributed by atoms with Gasteiger partial charge in [-0.3, -0.25) is 10.3 Å². The van der Waals surface area contributed by atoms with Crippen molar-refractivity contribution in [2.75, 3.05) is 18.5 Å². The minimum absolute atomic E-state index is 0.603. The first-order valence-electron chi connectivity index (χ1n) is 7.93. The van der Waals surface area contributed by atoms with Crippen LogP contribution in [0.5, 0.6) is 0 Å². The van der Waals surface area contributed by atoms with Crippen LogP contribution in [0.3, 0.4) is 0 Å². The Kier molecular flexibility index (Phi) is 4.88. The molecule has 1 aliphatic heterocycles. The van der Waals surface area contributed by atoms with Crippen LogP contribution < -0.4 is 5.43 Å². The molecule has 5 heteroatoms. The number of hydrogen-bond acceptors (Lipinski definition) is 5. The highest BCUT2D eigenvalue weighted by molar-refractivity contribution is 5.79. The molecule has 23 heavy (non-hydrogen) atoms. The van der Waals surface area contributed by atoms with Crippen molar-refractivity contribution in [2.24, 2.45) is 5.10 Å². The fourth-order valence-corrected chi connectivity index (χ4v) is 2.54. The summed E-state index contributed by atoms with van der Waals surface area (Å²) in [6.07, 6.45) is 8.36. The maximum atomic E-state index is 5.27. The highest BCUT2D eigenvalue weighted by atomic mass is 16.3. The molecule has 0 saturated heterocycles. The van der Waals surface area contributed by atoms with Gasteiger partial charge in [0.05, 0.1) is 18.1 Å². The lowest BCUT2D eigenvalue weighted by Gasteiger charge is -2.28. The summed E-state index contributed by atoms with van der Waals surface area (Å²) in [6.45, 7) is 6.57.